The van der Waals surface area contributed by atoms with Crippen molar-refractivity contribution in [2.24, 2.45) is 0 Å². The minimum absolute atomic E-state index is 0.166. The first-order chi connectivity index (χ1) is 12.7. The monoisotopic (exact) mass is 409 g/mol. The highest BCUT2D eigenvalue weighted by atomic mass is 32.2. The smallest absolute Gasteiger partial charge is 0.319 e. The Morgan fingerprint density at radius 1 is 1.41 bits per heavy atom. The number of carbonyl (C=O) groups excluding carboxylic acids is 2. The third kappa shape index (κ3) is 5.20. The number of hydrogen-bond acceptors (Lipinski definition) is 7. The van der Waals surface area contributed by atoms with Crippen LogP contribution < -0.4 is 10.9 Å². The van der Waals surface area contributed by atoms with Crippen molar-refractivity contribution in [3.05, 3.63) is 39.3 Å². The number of rotatable bonds is 8. The molecule has 2 aromatic heterocycles. The van der Waals surface area contributed by atoms with E-state index < -0.39 is 17.3 Å². The van der Waals surface area contributed by atoms with Gasteiger partial charge in [0, 0.05) is 11.4 Å². The Bertz CT molecular complexity index is 919. The van der Waals surface area contributed by atoms with Crippen LogP contribution in [0.3, 0.4) is 0 Å². The summed E-state index contributed by atoms with van der Waals surface area (Å²) in [7, 11) is 0. The van der Waals surface area contributed by atoms with Gasteiger partial charge in [0.15, 0.2) is 6.10 Å². The number of nitrogens with one attached hydrogen (secondary N) is 2. The Balaban J connectivity index is 1.96. The summed E-state index contributed by atoms with van der Waals surface area (Å²) in [4.78, 5) is 45.2. The normalized spacial score (nSPS) is 13.2. The minimum Gasteiger partial charge on any atom is -0.452 e. The number of aromatic amines is 1. The van der Waals surface area contributed by atoms with Gasteiger partial charge in [0.25, 0.3) is 11.5 Å². The number of aryl methyl sites for hydroxylation is 2. The van der Waals surface area contributed by atoms with E-state index in [1.807, 2.05) is 13.8 Å². The van der Waals surface area contributed by atoms with Crippen LogP contribution in [0.2, 0.25) is 0 Å². The van der Waals surface area contributed by atoms with Gasteiger partial charge in [0.2, 0.25) is 0 Å². The highest BCUT2D eigenvalue weighted by molar-refractivity contribution is 7.99. The highest BCUT2D eigenvalue weighted by Gasteiger charge is 2.22. The molecule has 2 N–H and O–H groups in total. The van der Waals surface area contributed by atoms with E-state index in [0.717, 1.165) is 10.4 Å². The number of thioether (sulfide) groups is 1. The minimum atomic E-state index is -0.883. The van der Waals surface area contributed by atoms with E-state index >= 15 is 0 Å². The van der Waals surface area contributed by atoms with E-state index in [-0.39, 0.29) is 11.5 Å². The average molecular weight is 410 g/mol. The zero-order chi connectivity index (χ0) is 20.1. The van der Waals surface area contributed by atoms with Gasteiger partial charge >= 0.3 is 5.97 Å². The third-order valence-corrected chi connectivity index (χ3v) is 6.21. The van der Waals surface area contributed by atoms with E-state index in [1.54, 1.807) is 13.0 Å². The standard InChI is InChI=1S/C18H23N3O4S2/c1-6-7-19-15(22)10(3)25-18(24)12(5)26-8-13-20-16(23)14-9(2)11(4)27-17(14)21-13/h6,10,12H,1,7-8H2,2-5H3,(H,19,22)(H,20,21,23)/t10-,12-/m1/s1. The molecule has 0 radical (unpaired) electrons. The summed E-state index contributed by atoms with van der Waals surface area (Å²) in [6.45, 7) is 10.9. The van der Waals surface area contributed by atoms with E-state index in [9.17, 15) is 14.4 Å². The van der Waals surface area contributed by atoms with Crippen LogP contribution in [0.5, 0.6) is 0 Å². The lowest BCUT2D eigenvalue weighted by molar-refractivity contribution is -0.153. The second kappa shape index (κ2) is 9.18. The molecule has 0 aliphatic rings. The van der Waals surface area contributed by atoms with Crippen LogP contribution in [0.25, 0.3) is 10.2 Å². The van der Waals surface area contributed by atoms with Crippen LogP contribution in [0.4, 0.5) is 0 Å². The van der Waals surface area contributed by atoms with Gasteiger partial charge < -0.3 is 15.0 Å². The first-order valence-electron chi connectivity index (χ1n) is 8.44. The fourth-order valence-electron chi connectivity index (χ4n) is 2.28. The van der Waals surface area contributed by atoms with Gasteiger partial charge in [-0.25, -0.2) is 4.98 Å². The molecule has 0 aliphatic heterocycles. The number of carbonyl (C=O) groups is 2. The van der Waals surface area contributed by atoms with Crippen molar-refractivity contribution in [3.63, 3.8) is 0 Å². The molecule has 9 heteroatoms. The predicted molar refractivity (Wildman–Crippen MR) is 109 cm³/mol. The van der Waals surface area contributed by atoms with Crippen LogP contribution in [-0.2, 0) is 20.1 Å². The number of aromatic nitrogens is 2. The molecule has 0 fully saturated rings. The van der Waals surface area contributed by atoms with E-state index in [0.29, 0.717) is 28.3 Å². The largest absolute Gasteiger partial charge is 0.452 e. The van der Waals surface area contributed by atoms with Crippen molar-refractivity contribution >= 4 is 45.2 Å². The maximum atomic E-state index is 12.3. The summed E-state index contributed by atoms with van der Waals surface area (Å²) >= 11 is 2.77. The van der Waals surface area contributed by atoms with Crippen molar-refractivity contribution in [3.8, 4) is 0 Å². The van der Waals surface area contributed by atoms with Crippen LogP contribution in [-0.4, -0.2) is 39.7 Å². The Morgan fingerprint density at radius 3 is 2.78 bits per heavy atom. The average Bonchev–Trinajstić information content (AvgIpc) is 2.91. The molecule has 146 valence electrons. The number of thiophene rings is 1. The number of fused-ring (bicyclic) bond motifs is 1. The number of hydrogen-bond donors (Lipinski definition) is 2. The maximum Gasteiger partial charge on any atom is 0.319 e. The Labute approximate surface area is 165 Å². The summed E-state index contributed by atoms with van der Waals surface area (Å²) in [6.07, 6.45) is 0.665. The summed E-state index contributed by atoms with van der Waals surface area (Å²) in [5, 5.41) is 2.69. The molecule has 0 aromatic carbocycles. The van der Waals surface area contributed by atoms with E-state index in [2.05, 4.69) is 21.9 Å². The van der Waals surface area contributed by atoms with Crippen LogP contribution in [0, 0.1) is 13.8 Å². The lowest BCUT2D eigenvalue weighted by atomic mass is 10.2. The topological polar surface area (TPSA) is 101 Å². The zero-order valence-corrected chi connectivity index (χ0v) is 17.4. The van der Waals surface area contributed by atoms with Gasteiger partial charge in [0.05, 0.1) is 11.1 Å². The van der Waals surface area contributed by atoms with E-state index in [1.165, 1.54) is 30.0 Å². The highest BCUT2D eigenvalue weighted by Crippen LogP contribution is 2.26. The molecule has 27 heavy (non-hydrogen) atoms. The fourth-order valence-corrected chi connectivity index (χ4v) is 4.06. The third-order valence-electron chi connectivity index (χ3n) is 3.97. The number of ether oxygens (including phenoxy) is 1. The number of amides is 1. The molecule has 0 unspecified atom stereocenters. The van der Waals surface area contributed by atoms with Crippen LogP contribution >= 0.6 is 23.1 Å². The lowest BCUT2D eigenvalue weighted by Gasteiger charge is -2.16. The Morgan fingerprint density at radius 2 is 2.11 bits per heavy atom. The van der Waals surface area contributed by atoms with Crippen molar-refractivity contribution in [2.45, 2.75) is 44.8 Å². The Hall–Kier alpha value is -2.13. The van der Waals surface area contributed by atoms with Crippen molar-refractivity contribution < 1.29 is 14.3 Å². The van der Waals surface area contributed by atoms with Crippen molar-refractivity contribution in [1.82, 2.24) is 15.3 Å². The second-order valence-corrected chi connectivity index (χ2v) is 8.57. The summed E-state index contributed by atoms with van der Waals surface area (Å²) in [5.41, 5.74) is 0.781. The fraction of sp³-hybridized carbons (Fsp3) is 0.444. The molecule has 2 aromatic rings. The lowest BCUT2D eigenvalue weighted by Crippen LogP contribution is -2.37. The molecular weight excluding hydrogens is 386 g/mol. The summed E-state index contributed by atoms with van der Waals surface area (Å²) < 4.78 is 5.18. The molecule has 0 aliphatic carbocycles. The van der Waals surface area contributed by atoms with Gasteiger partial charge in [-0.15, -0.1) is 29.7 Å². The Kier molecular flexibility index (Phi) is 7.20. The number of nitrogens with zero attached hydrogens (tertiary/aromatic N) is 1. The van der Waals surface area contributed by atoms with Crippen LogP contribution in [0.1, 0.15) is 30.1 Å². The molecule has 2 rings (SSSR count). The van der Waals surface area contributed by atoms with Gasteiger partial charge in [-0.1, -0.05) is 6.08 Å². The zero-order valence-electron chi connectivity index (χ0n) is 15.8. The molecule has 2 atom stereocenters. The molecular formula is C18H23N3O4S2. The maximum absolute atomic E-state index is 12.3. The molecule has 0 bridgehead atoms. The molecule has 1 amide bonds. The van der Waals surface area contributed by atoms with Gasteiger partial charge in [-0.3, -0.25) is 14.4 Å². The molecule has 0 saturated carbocycles. The first kappa shape index (κ1) is 21.2. The quantitative estimate of drug-likeness (QED) is 0.513. The van der Waals surface area contributed by atoms with Crippen LogP contribution in [0.15, 0.2) is 17.4 Å². The second-order valence-electron chi connectivity index (χ2n) is 6.04. The van der Waals surface area contributed by atoms with Crippen molar-refractivity contribution in [1.29, 1.82) is 0 Å². The predicted octanol–water partition coefficient (Wildman–Crippen LogP) is 2.46. The SMILES string of the molecule is C=CCNC(=O)[C@@H](C)OC(=O)[C@@H](C)SCc1nc2sc(C)c(C)c2c(=O)[nH]1. The summed E-state index contributed by atoms with van der Waals surface area (Å²) in [6, 6.07) is 0. The molecule has 2 heterocycles. The van der Waals surface area contributed by atoms with Gasteiger partial charge in [-0.2, -0.15) is 0 Å². The van der Waals surface area contributed by atoms with E-state index in [4.69, 9.17) is 4.74 Å². The summed E-state index contributed by atoms with van der Waals surface area (Å²) in [5.74, 6) is -0.00270. The number of esters is 1. The van der Waals surface area contributed by atoms with Gasteiger partial charge in [0.1, 0.15) is 15.9 Å². The van der Waals surface area contributed by atoms with Crippen molar-refractivity contribution in [2.75, 3.05) is 6.54 Å². The molecule has 0 spiro atoms. The first-order valence-corrected chi connectivity index (χ1v) is 10.3. The van der Waals surface area contributed by atoms with Gasteiger partial charge in [-0.05, 0) is 33.3 Å². The number of H-pyrrole nitrogens is 1. The molecule has 0 saturated heterocycles. The molecule has 7 nitrogen and oxygen atoms in total.